The van der Waals surface area contributed by atoms with Crippen LogP contribution in [0.5, 0.6) is 0 Å². The van der Waals surface area contributed by atoms with E-state index in [1.54, 1.807) is 0 Å². The Bertz CT molecular complexity index is 3940. The Labute approximate surface area is 459 Å². The van der Waals surface area contributed by atoms with Crippen molar-refractivity contribution >= 4 is 90.2 Å². The molecule has 3 aliphatic carbocycles. The lowest BCUT2D eigenvalue weighted by Gasteiger charge is -2.47. The number of fused-ring (bicyclic) bond motifs is 12. The van der Waals surface area contributed by atoms with Gasteiger partial charge in [-0.1, -0.05) is 165 Å². The normalized spacial score (nSPS) is 19.9. The molecule has 390 valence electrons. The number of aromatic nitrogens is 1. The monoisotopic (exact) mass is 1010 g/mol. The predicted molar refractivity (Wildman–Crippen MR) is 329 cm³/mol. The van der Waals surface area contributed by atoms with Crippen molar-refractivity contribution < 1.29 is 4.42 Å². The first-order valence-electron chi connectivity index (χ1n) is 29.1. The molecule has 14 rings (SSSR count). The maximum absolute atomic E-state index is 7.85. The van der Waals surface area contributed by atoms with E-state index in [1.165, 1.54) is 118 Å². The van der Waals surface area contributed by atoms with Gasteiger partial charge in [-0.2, -0.15) is 0 Å². The second-order valence-corrected chi connectivity index (χ2v) is 29.4. The molecule has 0 spiro atoms. The van der Waals surface area contributed by atoms with E-state index in [-0.39, 0.29) is 44.6 Å². The first kappa shape index (κ1) is 48.9. The fourth-order valence-electron chi connectivity index (χ4n) is 15.3. The van der Waals surface area contributed by atoms with Crippen LogP contribution in [0.3, 0.4) is 0 Å². The van der Waals surface area contributed by atoms with Crippen molar-refractivity contribution in [3.05, 3.63) is 166 Å². The van der Waals surface area contributed by atoms with Crippen molar-refractivity contribution in [2.24, 2.45) is 0 Å². The number of hydrogen-bond acceptors (Lipinski definition) is 3. The molecule has 2 aliphatic heterocycles. The molecule has 5 aliphatic rings. The van der Waals surface area contributed by atoms with Gasteiger partial charge < -0.3 is 18.8 Å². The second-order valence-electron chi connectivity index (χ2n) is 29.4. The Morgan fingerprint density at radius 2 is 0.883 bits per heavy atom. The number of rotatable bonds is 3. The van der Waals surface area contributed by atoms with Crippen LogP contribution in [0.25, 0.3) is 38.5 Å². The lowest BCUT2D eigenvalue weighted by Crippen LogP contribution is -2.61. The molecular weight excluding hydrogens is 934 g/mol. The first-order valence-corrected chi connectivity index (χ1v) is 29.1. The van der Waals surface area contributed by atoms with Gasteiger partial charge in [-0.05, 0) is 193 Å². The molecule has 0 amide bonds. The van der Waals surface area contributed by atoms with E-state index < -0.39 is 0 Å². The standard InChI is InChI=1S/C72H78BN3O/c1-66(2,3)43-24-26-44(27-25-43)74-59-41-54-53(70(10,11)33-34-71(54,12)13)40-56(59)73-63-60(74)37-46(75-57-22-18-16-20-47(57)48-21-17-19-23-58(48)75)38-61(63)76(45-28-29-50-51(36-45)68(6,7)31-30-67(50,4)5)64-49-39-52-55(42-62(49)77-65(64)73)72(14,15)35-32-69(52,8)9/h16-29,36-42H,30-35H2,1-15H3. The van der Waals surface area contributed by atoms with Crippen LogP contribution < -0.4 is 26.4 Å². The highest BCUT2D eigenvalue weighted by molar-refractivity contribution is 7.00. The molecule has 0 N–H and O–H groups in total. The number of para-hydroxylation sites is 2. The summed E-state index contributed by atoms with van der Waals surface area (Å²) in [7, 11) is 0. The Kier molecular flexibility index (Phi) is 9.93. The molecule has 77 heavy (non-hydrogen) atoms. The first-order chi connectivity index (χ1) is 36.3. The summed E-state index contributed by atoms with van der Waals surface area (Å²) in [5, 5.41) is 3.73. The molecule has 7 aromatic carbocycles. The van der Waals surface area contributed by atoms with Gasteiger partial charge in [-0.15, -0.1) is 0 Å². The zero-order valence-electron chi connectivity index (χ0n) is 48.7. The van der Waals surface area contributed by atoms with Crippen molar-refractivity contribution in [3.63, 3.8) is 0 Å². The highest BCUT2D eigenvalue weighted by Crippen LogP contribution is 2.56. The van der Waals surface area contributed by atoms with Crippen molar-refractivity contribution in [3.8, 4) is 5.69 Å². The summed E-state index contributed by atoms with van der Waals surface area (Å²) in [6, 6.07) is 50.5. The quantitative estimate of drug-likeness (QED) is 0.165. The molecule has 0 atom stereocenters. The van der Waals surface area contributed by atoms with Gasteiger partial charge in [-0.3, -0.25) is 0 Å². The summed E-state index contributed by atoms with van der Waals surface area (Å²) < 4.78 is 10.4. The minimum absolute atomic E-state index is 0.0000887. The van der Waals surface area contributed by atoms with E-state index >= 15 is 0 Å². The van der Waals surface area contributed by atoms with E-state index in [1.807, 2.05) is 0 Å². The molecule has 0 fully saturated rings. The second kappa shape index (κ2) is 15.6. The van der Waals surface area contributed by atoms with Gasteiger partial charge in [0.25, 0.3) is 6.71 Å². The Balaban J connectivity index is 1.17. The molecule has 0 unspecified atom stereocenters. The van der Waals surface area contributed by atoms with E-state index in [9.17, 15) is 0 Å². The maximum Gasteiger partial charge on any atom is 0.297 e. The van der Waals surface area contributed by atoms with E-state index in [0.29, 0.717) is 0 Å². The van der Waals surface area contributed by atoms with Crippen LogP contribution in [0.15, 0.2) is 132 Å². The van der Waals surface area contributed by atoms with Gasteiger partial charge in [-0.25, -0.2) is 0 Å². The predicted octanol–water partition coefficient (Wildman–Crippen LogP) is 18.0. The number of benzene rings is 7. The lowest BCUT2D eigenvalue weighted by atomic mass is 9.35. The zero-order valence-corrected chi connectivity index (χ0v) is 48.7. The summed E-state index contributed by atoms with van der Waals surface area (Å²) in [6.45, 7) is 36.4. The van der Waals surface area contributed by atoms with Gasteiger partial charge >= 0.3 is 0 Å². The van der Waals surface area contributed by atoms with Crippen molar-refractivity contribution in [1.29, 1.82) is 0 Å². The maximum atomic E-state index is 7.85. The molecule has 0 saturated heterocycles. The molecule has 9 aromatic rings. The van der Waals surface area contributed by atoms with Gasteiger partial charge in [0, 0.05) is 44.6 Å². The number of furan rings is 1. The topological polar surface area (TPSA) is 24.6 Å². The summed E-state index contributed by atoms with van der Waals surface area (Å²) in [6.07, 6.45) is 6.89. The molecule has 0 bridgehead atoms. The van der Waals surface area contributed by atoms with Gasteiger partial charge in [0.15, 0.2) is 0 Å². The van der Waals surface area contributed by atoms with Crippen molar-refractivity contribution in [2.75, 3.05) is 9.80 Å². The Hall–Kier alpha value is -6.46. The molecule has 4 nitrogen and oxygen atoms in total. The minimum atomic E-state index is -0.178. The van der Waals surface area contributed by atoms with Crippen LogP contribution in [0.1, 0.15) is 181 Å². The van der Waals surface area contributed by atoms with Gasteiger partial charge in [0.2, 0.25) is 0 Å². The average molecular weight is 1010 g/mol. The van der Waals surface area contributed by atoms with Gasteiger partial charge in [0.05, 0.1) is 28.1 Å². The summed E-state index contributed by atoms with van der Waals surface area (Å²) >= 11 is 0. The summed E-state index contributed by atoms with van der Waals surface area (Å²) in [5.74, 6) is 0. The van der Waals surface area contributed by atoms with Gasteiger partial charge in [0.1, 0.15) is 5.58 Å². The summed E-state index contributed by atoms with van der Waals surface area (Å²) in [4.78, 5) is 5.33. The fraction of sp³-hybridized carbons (Fsp3) is 0.389. The third-order valence-electron chi connectivity index (χ3n) is 20.5. The molecule has 2 aromatic heterocycles. The zero-order chi connectivity index (χ0) is 53.9. The summed E-state index contributed by atoms with van der Waals surface area (Å²) in [5.41, 5.74) is 25.6. The van der Waals surface area contributed by atoms with Crippen LogP contribution in [0, 0.1) is 0 Å². The number of nitrogens with zero attached hydrogens (tertiary/aromatic N) is 3. The largest absolute Gasteiger partial charge is 0.468 e. The van der Waals surface area contributed by atoms with Crippen molar-refractivity contribution in [1.82, 2.24) is 4.57 Å². The molecular formula is C72H78BN3O. The number of anilines is 6. The van der Waals surface area contributed by atoms with E-state index in [4.69, 9.17) is 4.42 Å². The third-order valence-corrected chi connectivity index (χ3v) is 20.5. The van der Waals surface area contributed by atoms with E-state index in [2.05, 4.69) is 246 Å². The molecule has 0 radical (unpaired) electrons. The fourth-order valence-corrected chi connectivity index (χ4v) is 15.3. The van der Waals surface area contributed by atoms with Crippen LogP contribution in [0.4, 0.5) is 34.1 Å². The van der Waals surface area contributed by atoms with Crippen LogP contribution >= 0.6 is 0 Å². The highest BCUT2D eigenvalue weighted by atomic mass is 16.3. The van der Waals surface area contributed by atoms with Crippen LogP contribution in [-0.2, 0) is 37.9 Å². The van der Waals surface area contributed by atoms with Crippen molar-refractivity contribution in [2.45, 2.75) is 180 Å². The Morgan fingerprint density at radius 1 is 0.416 bits per heavy atom. The lowest BCUT2D eigenvalue weighted by molar-refractivity contribution is 0.332. The Morgan fingerprint density at radius 3 is 1.44 bits per heavy atom. The van der Waals surface area contributed by atoms with Crippen LogP contribution in [0.2, 0.25) is 0 Å². The molecule has 0 saturated carbocycles. The molecule has 5 heteroatoms. The van der Waals surface area contributed by atoms with Crippen LogP contribution in [-0.4, -0.2) is 11.3 Å². The highest BCUT2D eigenvalue weighted by Gasteiger charge is 2.50. The van der Waals surface area contributed by atoms with E-state index in [0.717, 1.165) is 49.0 Å². The molecule has 4 heterocycles. The SMILES string of the molecule is CC(C)(C)c1ccc(N2c3cc4c(cc3B3c5oc6cc7c(cc6c5N(c5ccc6c(c5)C(C)(C)CCC6(C)C)c5cc(-n6c8ccccc8c8ccccc86)cc2c53)C(C)(C)CCC7(C)C)C(C)(C)CCC4(C)C)cc1. The smallest absolute Gasteiger partial charge is 0.297 e. The average Bonchev–Trinajstić information content (AvgIpc) is 4.10. The number of hydrogen-bond donors (Lipinski definition) is 0. The third kappa shape index (κ3) is 6.96. The minimum Gasteiger partial charge on any atom is -0.468 e.